The van der Waals surface area contributed by atoms with Gasteiger partial charge in [0, 0.05) is 16.7 Å². The van der Waals surface area contributed by atoms with Gasteiger partial charge in [0.25, 0.3) is 0 Å². The number of hydrogen-bond donors (Lipinski definition) is 1. The van der Waals surface area contributed by atoms with E-state index in [1.54, 1.807) is 32.2 Å². The van der Waals surface area contributed by atoms with E-state index >= 15 is 0 Å². The van der Waals surface area contributed by atoms with Gasteiger partial charge in [-0.1, -0.05) is 28.9 Å². The van der Waals surface area contributed by atoms with Gasteiger partial charge < -0.3 is 14.7 Å². The van der Waals surface area contributed by atoms with Crippen molar-refractivity contribution in [2.24, 2.45) is 5.16 Å². The average molecular weight is 306 g/mol. The Hall–Kier alpha value is -2.20. The van der Waals surface area contributed by atoms with Crippen LogP contribution < -0.4 is 9.47 Å². The van der Waals surface area contributed by atoms with Crippen LogP contribution in [0.1, 0.15) is 18.1 Å². The second-order valence-corrected chi connectivity index (χ2v) is 4.90. The highest BCUT2D eigenvalue weighted by Crippen LogP contribution is 2.26. The highest BCUT2D eigenvalue weighted by Gasteiger charge is 2.09. The smallest absolute Gasteiger partial charge is 0.132 e. The van der Waals surface area contributed by atoms with Crippen molar-refractivity contribution in [2.45, 2.75) is 13.5 Å². The summed E-state index contributed by atoms with van der Waals surface area (Å²) in [5.41, 5.74) is 2.18. The van der Waals surface area contributed by atoms with Crippen molar-refractivity contribution in [2.75, 3.05) is 7.11 Å². The van der Waals surface area contributed by atoms with Crippen LogP contribution in [0.15, 0.2) is 47.6 Å². The van der Waals surface area contributed by atoms with Gasteiger partial charge in [0.05, 0.1) is 12.8 Å². The van der Waals surface area contributed by atoms with E-state index in [-0.39, 0.29) is 0 Å². The molecule has 0 amide bonds. The average Bonchev–Trinajstić information content (AvgIpc) is 2.53. The van der Waals surface area contributed by atoms with Crippen LogP contribution in [0.3, 0.4) is 0 Å². The van der Waals surface area contributed by atoms with Crippen molar-refractivity contribution in [3.63, 3.8) is 0 Å². The third-order valence-electron chi connectivity index (χ3n) is 3.04. The zero-order valence-electron chi connectivity index (χ0n) is 11.8. The van der Waals surface area contributed by atoms with Gasteiger partial charge in [0.15, 0.2) is 0 Å². The van der Waals surface area contributed by atoms with Crippen molar-refractivity contribution < 1.29 is 14.7 Å². The van der Waals surface area contributed by atoms with Crippen LogP contribution in [-0.2, 0) is 6.61 Å². The SMILES string of the molecule is COc1ccc(/C(C)=N/O)c(OCc2ccc(Cl)cc2)c1. The fraction of sp³-hybridized carbons (Fsp3) is 0.188. The summed E-state index contributed by atoms with van der Waals surface area (Å²) in [7, 11) is 1.59. The molecule has 0 aliphatic heterocycles. The molecule has 0 unspecified atom stereocenters. The van der Waals surface area contributed by atoms with Crippen LogP contribution in [0, 0.1) is 0 Å². The number of ether oxygens (including phenoxy) is 2. The maximum Gasteiger partial charge on any atom is 0.132 e. The summed E-state index contributed by atoms with van der Waals surface area (Å²) in [6.45, 7) is 2.09. The van der Waals surface area contributed by atoms with Gasteiger partial charge in [-0.3, -0.25) is 0 Å². The van der Waals surface area contributed by atoms with Crippen LogP contribution >= 0.6 is 11.6 Å². The lowest BCUT2D eigenvalue weighted by Crippen LogP contribution is -2.03. The zero-order valence-corrected chi connectivity index (χ0v) is 12.6. The number of rotatable bonds is 5. The first-order chi connectivity index (χ1) is 10.1. The maximum absolute atomic E-state index is 8.94. The minimum Gasteiger partial charge on any atom is -0.497 e. The molecule has 1 N–H and O–H groups in total. The topological polar surface area (TPSA) is 51.0 Å². The summed E-state index contributed by atoms with van der Waals surface area (Å²) in [5.74, 6) is 1.27. The highest BCUT2D eigenvalue weighted by atomic mass is 35.5. The normalized spacial score (nSPS) is 11.3. The van der Waals surface area contributed by atoms with Crippen LogP contribution in [0.2, 0.25) is 5.02 Å². The first-order valence-corrected chi connectivity index (χ1v) is 6.76. The Balaban J connectivity index is 2.22. The van der Waals surface area contributed by atoms with Gasteiger partial charge in [0.2, 0.25) is 0 Å². The molecule has 0 saturated carbocycles. The van der Waals surface area contributed by atoms with E-state index in [4.69, 9.17) is 26.3 Å². The van der Waals surface area contributed by atoms with E-state index in [2.05, 4.69) is 5.16 Å². The predicted molar refractivity (Wildman–Crippen MR) is 82.8 cm³/mol. The Morgan fingerprint density at radius 2 is 1.90 bits per heavy atom. The monoisotopic (exact) mass is 305 g/mol. The molecule has 0 radical (unpaired) electrons. The molecule has 0 fully saturated rings. The van der Waals surface area contributed by atoms with E-state index < -0.39 is 0 Å². The van der Waals surface area contributed by atoms with Crippen molar-refractivity contribution >= 4 is 17.3 Å². The van der Waals surface area contributed by atoms with Gasteiger partial charge in [-0.05, 0) is 36.8 Å². The maximum atomic E-state index is 8.94. The molecule has 0 heterocycles. The fourth-order valence-electron chi connectivity index (χ4n) is 1.84. The standard InChI is InChI=1S/C16H16ClNO3/c1-11(18-19)15-8-7-14(20-2)9-16(15)21-10-12-3-5-13(17)6-4-12/h3-9,19H,10H2,1-2H3/b18-11+. The predicted octanol–water partition coefficient (Wildman–Crippen LogP) is 4.13. The molecule has 2 rings (SSSR count). The van der Waals surface area contributed by atoms with E-state index in [0.29, 0.717) is 34.4 Å². The summed E-state index contributed by atoms with van der Waals surface area (Å²) >= 11 is 5.85. The number of methoxy groups -OCH3 is 1. The molecule has 0 spiro atoms. The quantitative estimate of drug-likeness (QED) is 0.513. The number of oxime groups is 1. The number of benzene rings is 2. The Bertz CT molecular complexity index is 638. The molecule has 0 aliphatic rings. The lowest BCUT2D eigenvalue weighted by molar-refractivity contribution is 0.301. The Morgan fingerprint density at radius 1 is 1.19 bits per heavy atom. The Morgan fingerprint density at radius 3 is 2.52 bits per heavy atom. The Kier molecular flexibility index (Phi) is 5.06. The lowest BCUT2D eigenvalue weighted by Gasteiger charge is -2.12. The molecule has 2 aromatic rings. The third-order valence-corrected chi connectivity index (χ3v) is 3.29. The molecule has 0 saturated heterocycles. The molecule has 110 valence electrons. The molecule has 0 aliphatic carbocycles. The number of halogens is 1. The van der Waals surface area contributed by atoms with Crippen LogP contribution in [0.4, 0.5) is 0 Å². The second kappa shape index (κ2) is 6.99. The number of nitrogens with zero attached hydrogens (tertiary/aromatic N) is 1. The lowest BCUT2D eigenvalue weighted by atomic mass is 10.1. The number of hydrogen-bond acceptors (Lipinski definition) is 4. The molecule has 2 aromatic carbocycles. The van der Waals surface area contributed by atoms with Gasteiger partial charge >= 0.3 is 0 Å². The van der Waals surface area contributed by atoms with Crippen molar-refractivity contribution in [1.29, 1.82) is 0 Å². The Labute approximate surface area is 128 Å². The van der Waals surface area contributed by atoms with E-state index in [1.165, 1.54) is 0 Å². The molecule has 0 atom stereocenters. The summed E-state index contributed by atoms with van der Waals surface area (Å²) in [6.07, 6.45) is 0. The van der Waals surface area contributed by atoms with Gasteiger partial charge in [-0.2, -0.15) is 0 Å². The molecule has 0 aromatic heterocycles. The molecule has 21 heavy (non-hydrogen) atoms. The van der Waals surface area contributed by atoms with E-state index in [9.17, 15) is 0 Å². The van der Waals surface area contributed by atoms with Crippen LogP contribution in [0.25, 0.3) is 0 Å². The van der Waals surface area contributed by atoms with Gasteiger partial charge in [-0.25, -0.2) is 0 Å². The summed E-state index contributed by atoms with van der Waals surface area (Å²) in [6, 6.07) is 12.8. The van der Waals surface area contributed by atoms with Crippen molar-refractivity contribution in [1.82, 2.24) is 0 Å². The fourth-order valence-corrected chi connectivity index (χ4v) is 1.97. The highest BCUT2D eigenvalue weighted by molar-refractivity contribution is 6.30. The largest absolute Gasteiger partial charge is 0.497 e. The first kappa shape index (κ1) is 15.2. The zero-order chi connectivity index (χ0) is 15.2. The van der Waals surface area contributed by atoms with Gasteiger partial charge in [-0.15, -0.1) is 0 Å². The minimum atomic E-state index is 0.385. The molecule has 0 bridgehead atoms. The van der Waals surface area contributed by atoms with E-state index in [1.807, 2.05) is 24.3 Å². The third kappa shape index (κ3) is 3.89. The van der Waals surface area contributed by atoms with E-state index in [0.717, 1.165) is 5.56 Å². The molecular weight excluding hydrogens is 290 g/mol. The van der Waals surface area contributed by atoms with Crippen molar-refractivity contribution in [3.8, 4) is 11.5 Å². The van der Waals surface area contributed by atoms with Crippen LogP contribution in [-0.4, -0.2) is 18.0 Å². The summed E-state index contributed by atoms with van der Waals surface area (Å²) in [5, 5.41) is 12.8. The van der Waals surface area contributed by atoms with Crippen LogP contribution in [0.5, 0.6) is 11.5 Å². The summed E-state index contributed by atoms with van der Waals surface area (Å²) in [4.78, 5) is 0. The van der Waals surface area contributed by atoms with Gasteiger partial charge in [0.1, 0.15) is 18.1 Å². The van der Waals surface area contributed by atoms with Crippen molar-refractivity contribution in [3.05, 3.63) is 58.6 Å². The second-order valence-electron chi connectivity index (χ2n) is 4.46. The molecule has 5 heteroatoms. The minimum absolute atomic E-state index is 0.385. The molecule has 4 nitrogen and oxygen atoms in total. The summed E-state index contributed by atoms with van der Waals surface area (Å²) < 4.78 is 11.0. The first-order valence-electron chi connectivity index (χ1n) is 6.38. The molecular formula is C16H16ClNO3.